The number of carboxylic acids is 1. The smallest absolute Gasteiger partial charge is 0.307 e. The maximum atomic E-state index is 11.1. The first-order valence-corrected chi connectivity index (χ1v) is 7.16. The number of carbonyl (C=O) groups is 1. The Bertz CT molecular complexity index is 532. The minimum absolute atomic E-state index is 0.0206. The van der Waals surface area contributed by atoms with Crippen LogP contribution in [-0.2, 0) is 4.79 Å². The van der Waals surface area contributed by atoms with Crippen LogP contribution in [0, 0.1) is 12.8 Å². The summed E-state index contributed by atoms with van der Waals surface area (Å²) < 4.78 is 11.5. The second-order valence-corrected chi connectivity index (χ2v) is 5.66. The average Bonchev–Trinajstić information content (AvgIpc) is 2.91. The first kappa shape index (κ1) is 15.1. The molecule has 2 rings (SSSR count). The van der Waals surface area contributed by atoms with Crippen LogP contribution in [-0.4, -0.2) is 31.8 Å². The molecule has 2 N–H and O–H groups in total. The summed E-state index contributed by atoms with van der Waals surface area (Å²) in [5.41, 5.74) is 2.07. The number of hydrogen-bond donors (Lipinski definition) is 2. The van der Waals surface area contributed by atoms with Gasteiger partial charge >= 0.3 is 5.97 Å². The van der Waals surface area contributed by atoms with E-state index in [1.807, 2.05) is 13.0 Å². The largest absolute Gasteiger partial charge is 0.493 e. The lowest BCUT2D eigenvalue weighted by molar-refractivity contribution is -0.141. The first-order chi connectivity index (χ1) is 9.49. The van der Waals surface area contributed by atoms with Gasteiger partial charge in [-0.25, -0.2) is 0 Å². The van der Waals surface area contributed by atoms with E-state index in [-0.39, 0.29) is 12.0 Å². The Morgan fingerprint density at radius 3 is 2.65 bits per heavy atom. The molecule has 1 aliphatic heterocycles. The van der Waals surface area contributed by atoms with Crippen molar-refractivity contribution in [2.24, 2.45) is 5.92 Å². The molecule has 2 unspecified atom stereocenters. The van der Waals surface area contributed by atoms with Crippen LogP contribution in [0.25, 0.3) is 0 Å². The van der Waals surface area contributed by atoms with Gasteiger partial charge in [-0.3, -0.25) is 4.79 Å². The third-order valence-electron chi connectivity index (χ3n) is 3.75. The van der Waals surface area contributed by atoms with Gasteiger partial charge in [-0.2, -0.15) is 0 Å². The van der Waals surface area contributed by atoms with E-state index in [9.17, 15) is 4.79 Å². The third kappa shape index (κ3) is 2.62. The molecule has 1 aromatic carbocycles. The van der Waals surface area contributed by atoms with Crippen molar-refractivity contribution in [2.45, 2.75) is 19.4 Å². The summed E-state index contributed by atoms with van der Waals surface area (Å²) in [5.74, 6) is 0.200. The fourth-order valence-electron chi connectivity index (χ4n) is 2.58. The molecule has 0 saturated carbocycles. The van der Waals surface area contributed by atoms with Crippen LogP contribution in [0.5, 0.6) is 11.5 Å². The Kier molecular flexibility index (Phi) is 4.55. The van der Waals surface area contributed by atoms with Gasteiger partial charge in [-0.05, 0) is 46.5 Å². The van der Waals surface area contributed by atoms with Crippen LogP contribution >= 0.6 is 15.9 Å². The summed E-state index contributed by atoms with van der Waals surface area (Å²) in [6.07, 6.45) is 0.581. The van der Waals surface area contributed by atoms with Crippen molar-refractivity contribution in [3.8, 4) is 11.5 Å². The lowest BCUT2D eigenvalue weighted by atomic mass is 9.96. The molecule has 0 aromatic heterocycles. The molecule has 1 heterocycles. The van der Waals surface area contributed by atoms with Crippen LogP contribution in [0.3, 0.4) is 0 Å². The quantitative estimate of drug-likeness (QED) is 0.879. The summed E-state index contributed by atoms with van der Waals surface area (Å²) in [4.78, 5) is 11.1. The Hall–Kier alpha value is -1.27. The molecule has 0 aliphatic carbocycles. The van der Waals surface area contributed by atoms with Gasteiger partial charge in [0.05, 0.1) is 24.6 Å². The summed E-state index contributed by atoms with van der Waals surface area (Å²) in [5, 5.41) is 12.4. The first-order valence-electron chi connectivity index (χ1n) is 6.36. The van der Waals surface area contributed by atoms with Gasteiger partial charge in [0, 0.05) is 12.6 Å². The molecular weight excluding hydrogens is 326 g/mol. The van der Waals surface area contributed by atoms with Gasteiger partial charge in [-0.15, -0.1) is 0 Å². The molecule has 6 heteroatoms. The average molecular weight is 344 g/mol. The van der Waals surface area contributed by atoms with E-state index in [0.29, 0.717) is 24.5 Å². The molecule has 2 atom stereocenters. The van der Waals surface area contributed by atoms with E-state index in [1.54, 1.807) is 14.2 Å². The maximum Gasteiger partial charge on any atom is 0.307 e. The number of ether oxygens (including phenoxy) is 2. The number of rotatable bonds is 4. The molecule has 0 spiro atoms. The SMILES string of the molecule is COc1cc(C2CC(C(=O)O)CN2)c(C)c(Br)c1OC. The number of carboxylic acid groups (broad SMARTS) is 1. The highest BCUT2D eigenvalue weighted by molar-refractivity contribution is 9.10. The van der Waals surface area contributed by atoms with Crippen molar-refractivity contribution >= 4 is 21.9 Å². The van der Waals surface area contributed by atoms with Gasteiger partial charge in [0.2, 0.25) is 0 Å². The second kappa shape index (κ2) is 6.01. The van der Waals surface area contributed by atoms with Crippen molar-refractivity contribution in [1.29, 1.82) is 0 Å². The van der Waals surface area contributed by atoms with Crippen LogP contribution in [0.15, 0.2) is 10.5 Å². The molecule has 110 valence electrons. The highest BCUT2D eigenvalue weighted by Crippen LogP contribution is 2.42. The number of halogens is 1. The summed E-state index contributed by atoms with van der Waals surface area (Å²) in [6.45, 7) is 2.47. The van der Waals surface area contributed by atoms with Crippen LogP contribution in [0.1, 0.15) is 23.6 Å². The Balaban J connectivity index is 2.38. The highest BCUT2D eigenvalue weighted by Gasteiger charge is 2.32. The summed E-state index contributed by atoms with van der Waals surface area (Å²) in [6, 6.07) is 1.94. The molecule has 0 radical (unpaired) electrons. The van der Waals surface area contributed by atoms with Crippen molar-refractivity contribution in [1.82, 2.24) is 5.32 Å². The zero-order valence-corrected chi connectivity index (χ0v) is 13.3. The summed E-state index contributed by atoms with van der Waals surface area (Å²) in [7, 11) is 3.18. The van der Waals surface area contributed by atoms with Gasteiger partial charge < -0.3 is 19.9 Å². The van der Waals surface area contributed by atoms with Gasteiger partial charge in [0.15, 0.2) is 11.5 Å². The van der Waals surface area contributed by atoms with Crippen molar-refractivity contribution in [3.63, 3.8) is 0 Å². The Morgan fingerprint density at radius 2 is 2.15 bits per heavy atom. The van der Waals surface area contributed by atoms with Crippen molar-refractivity contribution < 1.29 is 19.4 Å². The van der Waals surface area contributed by atoms with Gasteiger partial charge in [0.25, 0.3) is 0 Å². The summed E-state index contributed by atoms with van der Waals surface area (Å²) >= 11 is 3.52. The molecular formula is C14H18BrNO4. The molecule has 1 fully saturated rings. The lowest BCUT2D eigenvalue weighted by Crippen LogP contribution is -2.17. The van der Waals surface area contributed by atoms with Gasteiger partial charge in [0.1, 0.15) is 0 Å². The number of nitrogens with one attached hydrogen (secondary N) is 1. The van der Waals surface area contributed by atoms with Crippen molar-refractivity contribution in [3.05, 3.63) is 21.7 Å². The normalized spacial score (nSPS) is 21.8. The Labute approximate surface area is 126 Å². The monoisotopic (exact) mass is 343 g/mol. The predicted molar refractivity (Wildman–Crippen MR) is 78.5 cm³/mol. The topological polar surface area (TPSA) is 67.8 Å². The van der Waals surface area contributed by atoms with E-state index in [2.05, 4.69) is 21.2 Å². The fraction of sp³-hybridized carbons (Fsp3) is 0.500. The van der Waals surface area contributed by atoms with E-state index < -0.39 is 5.97 Å². The number of methoxy groups -OCH3 is 2. The zero-order valence-electron chi connectivity index (χ0n) is 11.7. The van der Waals surface area contributed by atoms with Gasteiger partial charge in [-0.1, -0.05) is 0 Å². The molecule has 5 nitrogen and oxygen atoms in total. The highest BCUT2D eigenvalue weighted by atomic mass is 79.9. The standard InChI is InChI=1S/C14H18BrNO4/c1-7-9(10-4-8(6-16-10)14(17)18)5-11(19-2)13(20-3)12(7)15/h5,8,10,16H,4,6H2,1-3H3,(H,17,18). The zero-order chi connectivity index (χ0) is 14.9. The predicted octanol–water partition coefficient (Wildman–Crippen LogP) is 2.51. The van der Waals surface area contributed by atoms with E-state index >= 15 is 0 Å². The fourth-order valence-corrected chi connectivity index (χ4v) is 3.17. The number of hydrogen-bond acceptors (Lipinski definition) is 4. The van der Waals surface area contributed by atoms with E-state index in [0.717, 1.165) is 15.6 Å². The molecule has 0 bridgehead atoms. The molecule has 1 aliphatic rings. The molecule has 0 amide bonds. The second-order valence-electron chi connectivity index (χ2n) is 4.87. The van der Waals surface area contributed by atoms with Crippen LogP contribution in [0.4, 0.5) is 0 Å². The van der Waals surface area contributed by atoms with E-state index in [4.69, 9.17) is 14.6 Å². The van der Waals surface area contributed by atoms with Crippen LogP contribution in [0.2, 0.25) is 0 Å². The molecule has 1 aromatic rings. The van der Waals surface area contributed by atoms with Crippen LogP contribution < -0.4 is 14.8 Å². The Morgan fingerprint density at radius 1 is 1.45 bits per heavy atom. The van der Waals surface area contributed by atoms with E-state index in [1.165, 1.54) is 0 Å². The number of aliphatic carboxylic acids is 1. The minimum Gasteiger partial charge on any atom is -0.493 e. The molecule has 20 heavy (non-hydrogen) atoms. The third-order valence-corrected chi connectivity index (χ3v) is 4.71. The minimum atomic E-state index is -0.753. The lowest BCUT2D eigenvalue weighted by Gasteiger charge is -2.19. The molecule has 1 saturated heterocycles. The maximum absolute atomic E-state index is 11.1. The number of benzene rings is 1. The van der Waals surface area contributed by atoms with Crippen molar-refractivity contribution in [2.75, 3.05) is 20.8 Å².